The number of carbonyl (C=O) groups excluding carboxylic acids is 1. The molecule has 0 saturated carbocycles. The van der Waals surface area contributed by atoms with E-state index >= 15 is 0 Å². The van der Waals surface area contributed by atoms with Crippen molar-refractivity contribution < 1.29 is 30.9 Å². The molecule has 0 spiro atoms. The van der Waals surface area contributed by atoms with E-state index in [4.69, 9.17) is 15.0 Å². The van der Waals surface area contributed by atoms with Crippen LogP contribution in [-0.2, 0) is 39.5 Å². The summed E-state index contributed by atoms with van der Waals surface area (Å²) in [5.41, 5.74) is 5.53. The van der Waals surface area contributed by atoms with Crippen molar-refractivity contribution >= 4 is 44.4 Å². The Kier molecular flexibility index (Phi) is 7.28. The number of benzene rings is 1. The first-order valence-corrected chi connectivity index (χ1v) is 14.9. The van der Waals surface area contributed by atoms with Crippen LogP contribution in [0.2, 0.25) is 0 Å². The molecule has 2 aliphatic rings. The normalized spacial score (nSPS) is 23.5. The molecule has 1 aromatic carbocycles. The number of carbonyl (C=O) groups is 1. The molecule has 3 rings (SSSR count). The lowest BCUT2D eigenvalue weighted by Gasteiger charge is -2.36. The van der Waals surface area contributed by atoms with Crippen molar-refractivity contribution in [2.75, 3.05) is 22.0 Å². The number of amides is 1. The van der Waals surface area contributed by atoms with Crippen molar-refractivity contribution in [3.05, 3.63) is 59.7 Å². The molecule has 1 saturated heterocycles. The molecule has 1 unspecified atom stereocenters. The number of allylic oxidation sites excluding steroid dienone is 5. The maximum absolute atomic E-state index is 12.0. The molecule has 10 nitrogen and oxygen atoms in total. The van der Waals surface area contributed by atoms with Crippen LogP contribution in [0.5, 0.6) is 0 Å². The summed E-state index contributed by atoms with van der Waals surface area (Å²) in [7, 11) is -8.17. The van der Waals surface area contributed by atoms with Crippen LogP contribution in [-0.4, -0.2) is 53.6 Å². The van der Waals surface area contributed by atoms with Crippen molar-refractivity contribution in [1.29, 1.82) is 0 Å². The van der Waals surface area contributed by atoms with Gasteiger partial charge in [0.25, 0.3) is 0 Å². The lowest BCUT2D eigenvalue weighted by molar-refractivity contribution is -0.113. The number of rotatable bonds is 8. The molecule has 1 heterocycles. The van der Waals surface area contributed by atoms with Gasteiger partial charge in [0.1, 0.15) is 0 Å². The molecule has 4 N–H and O–H groups in total. The average molecular weight is 537 g/mol. The van der Waals surface area contributed by atoms with Gasteiger partial charge in [0, 0.05) is 6.08 Å². The summed E-state index contributed by atoms with van der Waals surface area (Å²) in [6.07, 6.45) is 10.6. The van der Waals surface area contributed by atoms with Gasteiger partial charge in [-0.2, -0.15) is 0 Å². The van der Waals surface area contributed by atoms with E-state index in [9.17, 15) is 21.6 Å². The number of hydrogen-bond acceptors (Lipinski definition) is 7. The SMILES string of the molecule is CC1(C)OB(C2(c3cc(NS(C)(=O)=O)cc(NS(C)(=O)=O)c3)C=CC=C(C=CC(N)=O)C2)OC1(C)C. The largest absolute Gasteiger partial charge is 0.473 e. The number of hydrogen-bond donors (Lipinski definition) is 3. The van der Waals surface area contributed by atoms with Gasteiger partial charge in [-0.1, -0.05) is 24.3 Å². The van der Waals surface area contributed by atoms with Crippen molar-refractivity contribution in [3.63, 3.8) is 0 Å². The van der Waals surface area contributed by atoms with E-state index < -0.39 is 49.6 Å². The molecule has 1 atom stereocenters. The van der Waals surface area contributed by atoms with Gasteiger partial charge < -0.3 is 15.0 Å². The zero-order chi connectivity index (χ0) is 27.2. The summed E-state index contributed by atoms with van der Waals surface area (Å²) >= 11 is 0. The zero-order valence-electron chi connectivity index (χ0n) is 21.2. The number of nitrogens with two attached hydrogens (primary N) is 1. The van der Waals surface area contributed by atoms with E-state index in [1.54, 1.807) is 24.3 Å². The van der Waals surface area contributed by atoms with E-state index in [1.807, 2.05) is 39.8 Å². The Balaban J connectivity index is 2.23. The van der Waals surface area contributed by atoms with Gasteiger partial charge in [0.05, 0.1) is 40.4 Å². The Morgan fingerprint density at radius 2 is 1.47 bits per heavy atom. The average Bonchev–Trinajstić information content (AvgIpc) is 2.91. The summed E-state index contributed by atoms with van der Waals surface area (Å²) in [6.45, 7) is 7.65. The van der Waals surface area contributed by atoms with Crippen molar-refractivity contribution in [3.8, 4) is 0 Å². The minimum Gasteiger partial charge on any atom is -0.402 e. The third-order valence-corrected chi connectivity index (χ3v) is 7.63. The second-order valence-electron chi connectivity index (χ2n) is 10.2. The smallest absolute Gasteiger partial charge is 0.402 e. The third-order valence-electron chi connectivity index (χ3n) is 6.41. The molecule has 0 aromatic heterocycles. The maximum Gasteiger partial charge on any atom is 0.473 e. The monoisotopic (exact) mass is 537 g/mol. The fraction of sp³-hybridized carbons (Fsp3) is 0.435. The highest BCUT2D eigenvalue weighted by molar-refractivity contribution is 7.92. The number of anilines is 2. The molecule has 1 aliphatic heterocycles. The number of nitrogens with one attached hydrogen (secondary N) is 2. The van der Waals surface area contributed by atoms with Crippen LogP contribution in [0.3, 0.4) is 0 Å². The summed E-state index contributed by atoms with van der Waals surface area (Å²) in [5.74, 6) is -0.606. The molecule has 1 aliphatic carbocycles. The van der Waals surface area contributed by atoms with Crippen LogP contribution in [0.1, 0.15) is 39.7 Å². The second kappa shape index (κ2) is 9.36. The van der Waals surface area contributed by atoms with Gasteiger partial charge in [-0.05, 0) is 63.5 Å². The van der Waals surface area contributed by atoms with Crippen LogP contribution in [0, 0.1) is 0 Å². The second-order valence-corrected chi connectivity index (χ2v) is 13.7. The van der Waals surface area contributed by atoms with Gasteiger partial charge >= 0.3 is 7.12 Å². The maximum atomic E-state index is 12.0. The van der Waals surface area contributed by atoms with Crippen molar-refractivity contribution in [1.82, 2.24) is 0 Å². The lowest BCUT2D eigenvalue weighted by atomic mass is 9.50. The molecule has 196 valence electrons. The fourth-order valence-electron chi connectivity index (χ4n) is 4.09. The van der Waals surface area contributed by atoms with Crippen molar-refractivity contribution in [2.45, 2.75) is 50.6 Å². The highest BCUT2D eigenvalue weighted by Crippen LogP contribution is 2.48. The zero-order valence-corrected chi connectivity index (χ0v) is 22.8. The molecule has 36 heavy (non-hydrogen) atoms. The Bertz CT molecular complexity index is 1300. The van der Waals surface area contributed by atoms with Gasteiger partial charge in [-0.25, -0.2) is 16.8 Å². The molecule has 1 amide bonds. The standard InChI is InChI=1S/C23H32BN3O7S2/c1-21(2)22(3,4)34-24(33-21)23(11-7-8-16(15-23)9-10-20(25)28)17-12-18(26-35(5,29)30)14-19(13-17)27-36(6,31)32/h7-14,26-27H,15H2,1-6H3,(H2,25,28). The predicted molar refractivity (Wildman–Crippen MR) is 141 cm³/mol. The summed E-state index contributed by atoms with van der Waals surface area (Å²) in [6, 6.07) is 4.62. The van der Waals surface area contributed by atoms with Gasteiger partial charge in [0.15, 0.2) is 0 Å². The van der Waals surface area contributed by atoms with Crippen LogP contribution in [0.4, 0.5) is 11.4 Å². The molecule has 1 aromatic rings. The molecule has 0 radical (unpaired) electrons. The molecule has 1 fully saturated rings. The van der Waals surface area contributed by atoms with Gasteiger partial charge in [-0.15, -0.1) is 0 Å². The third kappa shape index (κ3) is 6.39. The van der Waals surface area contributed by atoms with Crippen LogP contribution < -0.4 is 15.2 Å². The van der Waals surface area contributed by atoms with Crippen LogP contribution in [0.25, 0.3) is 0 Å². The van der Waals surface area contributed by atoms with E-state index in [0.717, 1.165) is 18.1 Å². The minimum absolute atomic E-state index is 0.161. The number of sulfonamides is 2. The Morgan fingerprint density at radius 3 is 1.92 bits per heavy atom. The van der Waals surface area contributed by atoms with E-state index in [2.05, 4.69) is 9.44 Å². The van der Waals surface area contributed by atoms with Crippen LogP contribution in [0.15, 0.2) is 54.2 Å². The quantitative estimate of drug-likeness (QED) is 0.339. The number of primary amides is 1. The predicted octanol–water partition coefficient (Wildman–Crippen LogP) is 2.23. The summed E-state index contributed by atoms with van der Waals surface area (Å²) in [4.78, 5) is 11.4. The first-order chi connectivity index (χ1) is 16.3. The Labute approximate surface area is 213 Å². The van der Waals surface area contributed by atoms with E-state index in [1.165, 1.54) is 12.1 Å². The summed E-state index contributed by atoms with van der Waals surface area (Å²) in [5, 5.41) is -1.01. The fourth-order valence-corrected chi connectivity index (χ4v) is 5.19. The molecule has 13 heteroatoms. The van der Waals surface area contributed by atoms with Gasteiger partial charge in [0.2, 0.25) is 26.0 Å². The van der Waals surface area contributed by atoms with E-state index in [0.29, 0.717) is 12.0 Å². The van der Waals surface area contributed by atoms with Crippen molar-refractivity contribution in [2.24, 2.45) is 5.73 Å². The Morgan fingerprint density at radius 1 is 0.972 bits per heavy atom. The highest BCUT2D eigenvalue weighted by Gasteiger charge is 2.59. The molecular formula is C23H32BN3O7S2. The molecule has 0 bridgehead atoms. The van der Waals surface area contributed by atoms with Gasteiger partial charge in [-0.3, -0.25) is 14.2 Å². The lowest BCUT2D eigenvalue weighted by Crippen LogP contribution is -2.45. The first kappa shape index (κ1) is 28.0. The molecular weight excluding hydrogens is 505 g/mol. The van der Waals surface area contributed by atoms with Crippen LogP contribution >= 0.6 is 0 Å². The first-order valence-electron chi connectivity index (χ1n) is 11.1. The topological polar surface area (TPSA) is 154 Å². The highest BCUT2D eigenvalue weighted by atomic mass is 32.2. The Hall–Kier alpha value is -2.61. The summed E-state index contributed by atoms with van der Waals surface area (Å²) < 4.78 is 65.8. The minimum atomic E-state index is -3.67. The van der Waals surface area contributed by atoms with E-state index in [-0.39, 0.29) is 11.4 Å².